The molecule has 0 radical (unpaired) electrons. The molecule has 4 heteroatoms. The lowest BCUT2D eigenvalue weighted by Gasteiger charge is -2.14. The largest absolute Gasteiger partial charge is 0.494 e. The van der Waals surface area contributed by atoms with Crippen LogP contribution in [0.4, 0.5) is 0 Å². The van der Waals surface area contributed by atoms with Crippen LogP contribution < -0.4 is 5.56 Å². The molecular weight excluding hydrogens is 266 g/mol. The summed E-state index contributed by atoms with van der Waals surface area (Å²) in [6.45, 7) is 1.84. The van der Waals surface area contributed by atoms with Gasteiger partial charge >= 0.3 is 0 Å². The van der Waals surface area contributed by atoms with E-state index in [2.05, 4.69) is 0 Å². The Bertz CT molecular complexity index is 910. The van der Waals surface area contributed by atoms with E-state index >= 15 is 0 Å². The van der Waals surface area contributed by atoms with Crippen molar-refractivity contribution in [1.82, 2.24) is 4.57 Å². The molecule has 21 heavy (non-hydrogen) atoms. The Kier molecular flexibility index (Phi) is 3.06. The van der Waals surface area contributed by atoms with Gasteiger partial charge in [-0.25, -0.2) is 4.57 Å². The van der Waals surface area contributed by atoms with Crippen molar-refractivity contribution in [2.24, 2.45) is 0 Å². The first-order valence-corrected chi connectivity index (χ1v) is 6.53. The molecule has 1 aromatic heterocycles. The van der Waals surface area contributed by atoms with Crippen LogP contribution in [0.2, 0.25) is 0 Å². The number of carbonyl (C=O) groups excluding carboxylic acids is 1. The third-order valence-electron chi connectivity index (χ3n) is 3.58. The molecule has 0 saturated carbocycles. The standard InChI is InChI=1S/C17H13NO3/c1-11-6-2-5-9-15(11)18-16(20)13-8-4-3-7-12(13)14(10-19)17(18)21/h2-10,21H,1H3. The van der Waals surface area contributed by atoms with Crippen molar-refractivity contribution in [1.29, 1.82) is 0 Å². The van der Waals surface area contributed by atoms with Crippen LogP contribution in [0.25, 0.3) is 16.5 Å². The molecule has 0 fully saturated rings. The van der Waals surface area contributed by atoms with E-state index in [1.54, 1.807) is 36.4 Å². The van der Waals surface area contributed by atoms with Gasteiger partial charge in [0.05, 0.1) is 11.3 Å². The normalized spacial score (nSPS) is 10.7. The maximum atomic E-state index is 12.7. The zero-order valence-corrected chi connectivity index (χ0v) is 11.4. The molecule has 104 valence electrons. The molecule has 1 heterocycles. The van der Waals surface area contributed by atoms with E-state index in [-0.39, 0.29) is 17.0 Å². The van der Waals surface area contributed by atoms with Gasteiger partial charge in [0.15, 0.2) is 6.29 Å². The van der Waals surface area contributed by atoms with Gasteiger partial charge in [-0.05, 0) is 24.6 Å². The average molecular weight is 279 g/mol. The highest BCUT2D eigenvalue weighted by Gasteiger charge is 2.17. The number of aromatic nitrogens is 1. The summed E-state index contributed by atoms with van der Waals surface area (Å²) in [5.74, 6) is -0.331. The van der Waals surface area contributed by atoms with Crippen LogP contribution in [0.1, 0.15) is 15.9 Å². The topological polar surface area (TPSA) is 59.3 Å². The molecule has 3 rings (SSSR count). The van der Waals surface area contributed by atoms with Crippen LogP contribution in [0.5, 0.6) is 5.88 Å². The van der Waals surface area contributed by atoms with Crippen molar-refractivity contribution in [3.8, 4) is 11.6 Å². The lowest BCUT2D eigenvalue weighted by Crippen LogP contribution is -2.20. The minimum atomic E-state index is -0.344. The highest BCUT2D eigenvalue weighted by atomic mass is 16.3. The van der Waals surface area contributed by atoms with Crippen molar-refractivity contribution < 1.29 is 9.90 Å². The third-order valence-corrected chi connectivity index (χ3v) is 3.58. The van der Waals surface area contributed by atoms with Crippen LogP contribution in [0.3, 0.4) is 0 Å². The van der Waals surface area contributed by atoms with Gasteiger partial charge in [0.2, 0.25) is 5.88 Å². The summed E-state index contributed by atoms with van der Waals surface area (Å²) < 4.78 is 1.18. The summed E-state index contributed by atoms with van der Waals surface area (Å²) in [5, 5.41) is 11.2. The number of hydrogen-bond acceptors (Lipinski definition) is 3. The molecule has 0 bridgehead atoms. The minimum absolute atomic E-state index is 0.119. The molecule has 0 amide bonds. The zero-order chi connectivity index (χ0) is 15.0. The van der Waals surface area contributed by atoms with Gasteiger partial charge in [-0.1, -0.05) is 36.4 Å². The molecule has 3 aromatic rings. The second-order valence-electron chi connectivity index (χ2n) is 4.83. The molecule has 0 atom stereocenters. The SMILES string of the molecule is Cc1ccccc1-n1c(O)c(C=O)c2ccccc2c1=O. The Balaban J connectivity index is 2.53. The number of para-hydroxylation sites is 1. The highest BCUT2D eigenvalue weighted by Crippen LogP contribution is 2.26. The molecular formula is C17H13NO3. The molecule has 0 aliphatic rings. The molecule has 4 nitrogen and oxygen atoms in total. The van der Waals surface area contributed by atoms with Crippen LogP contribution in [0, 0.1) is 6.92 Å². The van der Waals surface area contributed by atoms with Crippen LogP contribution in [0.15, 0.2) is 53.3 Å². The van der Waals surface area contributed by atoms with Gasteiger partial charge in [0, 0.05) is 10.8 Å². The lowest BCUT2D eigenvalue weighted by molar-refractivity contribution is 0.112. The minimum Gasteiger partial charge on any atom is -0.494 e. The van der Waals surface area contributed by atoms with E-state index in [4.69, 9.17) is 0 Å². The van der Waals surface area contributed by atoms with Crippen LogP contribution in [-0.2, 0) is 0 Å². The average Bonchev–Trinajstić information content (AvgIpc) is 2.50. The van der Waals surface area contributed by atoms with Gasteiger partial charge < -0.3 is 5.11 Å². The quantitative estimate of drug-likeness (QED) is 0.734. The van der Waals surface area contributed by atoms with E-state index in [0.717, 1.165) is 5.56 Å². The van der Waals surface area contributed by atoms with E-state index in [9.17, 15) is 14.7 Å². The fraction of sp³-hybridized carbons (Fsp3) is 0.0588. The van der Waals surface area contributed by atoms with Crippen molar-refractivity contribution in [3.05, 3.63) is 70.0 Å². The second-order valence-corrected chi connectivity index (χ2v) is 4.83. The number of aryl methyl sites for hydroxylation is 1. The van der Waals surface area contributed by atoms with E-state index in [0.29, 0.717) is 22.7 Å². The lowest BCUT2D eigenvalue weighted by atomic mass is 10.1. The molecule has 0 unspecified atom stereocenters. The summed E-state index contributed by atoms with van der Waals surface area (Å²) in [5.41, 5.74) is 1.17. The first kappa shape index (κ1) is 13.1. The first-order valence-electron chi connectivity index (χ1n) is 6.53. The van der Waals surface area contributed by atoms with Crippen molar-refractivity contribution in [3.63, 3.8) is 0 Å². The summed E-state index contributed by atoms with van der Waals surface area (Å²) >= 11 is 0. The Morgan fingerprint density at radius 2 is 1.62 bits per heavy atom. The maximum absolute atomic E-state index is 12.7. The maximum Gasteiger partial charge on any atom is 0.265 e. The van der Waals surface area contributed by atoms with Gasteiger partial charge in [-0.2, -0.15) is 0 Å². The summed E-state index contributed by atoms with van der Waals surface area (Å²) in [4.78, 5) is 24.0. The molecule has 0 spiro atoms. The Hall–Kier alpha value is -2.88. The fourth-order valence-corrected chi connectivity index (χ4v) is 2.52. The van der Waals surface area contributed by atoms with Gasteiger partial charge in [0.25, 0.3) is 5.56 Å². The van der Waals surface area contributed by atoms with Crippen molar-refractivity contribution in [2.45, 2.75) is 6.92 Å². The molecule has 0 aliphatic carbocycles. The monoisotopic (exact) mass is 279 g/mol. The second kappa shape index (κ2) is 4.90. The Labute approximate surface area is 120 Å². The Morgan fingerprint density at radius 3 is 2.29 bits per heavy atom. The summed E-state index contributed by atoms with van der Waals surface area (Å²) in [7, 11) is 0. The summed E-state index contributed by atoms with van der Waals surface area (Å²) in [6.07, 6.45) is 0.575. The number of aldehydes is 1. The summed E-state index contributed by atoms with van der Waals surface area (Å²) in [6, 6.07) is 14.0. The smallest absolute Gasteiger partial charge is 0.265 e. The number of nitrogens with zero attached hydrogens (tertiary/aromatic N) is 1. The number of fused-ring (bicyclic) bond motifs is 1. The van der Waals surface area contributed by atoms with Gasteiger partial charge in [0.1, 0.15) is 0 Å². The van der Waals surface area contributed by atoms with Crippen LogP contribution >= 0.6 is 0 Å². The molecule has 0 saturated heterocycles. The van der Waals surface area contributed by atoms with Crippen molar-refractivity contribution >= 4 is 17.1 Å². The fourth-order valence-electron chi connectivity index (χ4n) is 2.52. The third kappa shape index (κ3) is 1.92. The van der Waals surface area contributed by atoms with Gasteiger partial charge in [-0.15, -0.1) is 0 Å². The predicted octanol–water partition coefficient (Wildman–Crippen LogP) is 2.82. The number of carbonyl (C=O) groups is 1. The van der Waals surface area contributed by atoms with E-state index in [1.165, 1.54) is 4.57 Å². The Morgan fingerprint density at radius 1 is 1.00 bits per heavy atom. The zero-order valence-electron chi connectivity index (χ0n) is 11.4. The molecule has 0 aliphatic heterocycles. The molecule has 2 aromatic carbocycles. The molecule has 1 N–H and O–H groups in total. The number of benzene rings is 2. The van der Waals surface area contributed by atoms with Crippen molar-refractivity contribution in [2.75, 3.05) is 0 Å². The van der Waals surface area contributed by atoms with Gasteiger partial charge in [-0.3, -0.25) is 9.59 Å². The van der Waals surface area contributed by atoms with Crippen LogP contribution in [-0.4, -0.2) is 16.0 Å². The number of aromatic hydroxyl groups is 1. The predicted molar refractivity (Wildman–Crippen MR) is 81.3 cm³/mol. The van der Waals surface area contributed by atoms with E-state index < -0.39 is 0 Å². The van der Waals surface area contributed by atoms with E-state index in [1.807, 2.05) is 19.1 Å². The number of pyridine rings is 1. The first-order chi connectivity index (χ1) is 10.1. The highest BCUT2D eigenvalue weighted by molar-refractivity contribution is 6.00. The number of hydrogen-bond donors (Lipinski definition) is 1. The number of rotatable bonds is 2.